The van der Waals surface area contributed by atoms with Crippen LogP contribution in [-0.2, 0) is 10.0 Å². The average Bonchev–Trinajstić information content (AvgIpc) is 2.91. The summed E-state index contributed by atoms with van der Waals surface area (Å²) < 4.78 is 25.4. The second-order valence-corrected chi connectivity index (χ2v) is 7.14. The number of rotatable bonds is 3. The Morgan fingerprint density at radius 2 is 2.11 bits per heavy atom. The van der Waals surface area contributed by atoms with Crippen LogP contribution in [0.1, 0.15) is 6.92 Å². The Bertz CT molecular complexity index is 527. The molecule has 0 N–H and O–H groups in total. The minimum atomic E-state index is -3.48. The van der Waals surface area contributed by atoms with Crippen LogP contribution in [0.2, 0.25) is 0 Å². The van der Waals surface area contributed by atoms with E-state index in [9.17, 15) is 8.42 Å². The van der Waals surface area contributed by atoms with Crippen LogP contribution in [0.3, 0.4) is 0 Å². The van der Waals surface area contributed by atoms with Crippen molar-refractivity contribution in [2.24, 2.45) is 0 Å². The topological polar surface area (TPSA) is 77.3 Å². The van der Waals surface area contributed by atoms with Crippen LogP contribution in [-0.4, -0.2) is 49.1 Å². The minimum Gasteiger partial charge on any atom is -0.345 e. The molecule has 1 aromatic heterocycles. The maximum absolute atomic E-state index is 12.0. The van der Waals surface area contributed by atoms with Gasteiger partial charge in [-0.3, -0.25) is 0 Å². The molecule has 8 heteroatoms. The molecule has 0 bridgehead atoms. The van der Waals surface area contributed by atoms with Crippen LogP contribution in [0.15, 0.2) is 11.6 Å². The molecule has 1 aliphatic rings. The van der Waals surface area contributed by atoms with E-state index in [1.54, 1.807) is 23.6 Å². The van der Waals surface area contributed by atoms with Crippen LogP contribution in [0.5, 0.6) is 0 Å². The normalized spacial score (nSPS) is 19.4. The predicted molar refractivity (Wildman–Crippen MR) is 69.9 cm³/mol. The smallest absolute Gasteiger partial charge is 0.230 e. The molecular weight excluding hydrogens is 272 g/mol. The van der Waals surface area contributed by atoms with Crippen molar-refractivity contribution in [3.05, 3.63) is 11.6 Å². The SMILES string of the molecule is CC(C#N)S(=O)(=O)N1CCN(c2nccs2)CC1. The van der Waals surface area contributed by atoms with E-state index >= 15 is 0 Å². The Kier molecular flexibility index (Phi) is 3.85. The van der Waals surface area contributed by atoms with Crippen molar-refractivity contribution < 1.29 is 8.42 Å². The molecule has 0 aromatic carbocycles. The third kappa shape index (κ3) is 2.48. The van der Waals surface area contributed by atoms with Crippen molar-refractivity contribution in [1.82, 2.24) is 9.29 Å². The van der Waals surface area contributed by atoms with Crippen LogP contribution in [0.25, 0.3) is 0 Å². The third-order valence-electron chi connectivity index (χ3n) is 2.92. The van der Waals surface area contributed by atoms with E-state index in [0.717, 1.165) is 5.13 Å². The first-order valence-electron chi connectivity index (χ1n) is 5.58. The minimum absolute atomic E-state index is 0.411. The highest BCUT2D eigenvalue weighted by Crippen LogP contribution is 2.20. The molecule has 6 nitrogen and oxygen atoms in total. The van der Waals surface area contributed by atoms with Gasteiger partial charge in [-0.15, -0.1) is 11.3 Å². The molecular formula is C10H14N4O2S2. The molecule has 98 valence electrons. The second kappa shape index (κ2) is 5.22. The van der Waals surface area contributed by atoms with Gasteiger partial charge in [0.05, 0.1) is 6.07 Å². The number of sulfonamides is 1. The van der Waals surface area contributed by atoms with Gasteiger partial charge >= 0.3 is 0 Å². The first-order chi connectivity index (χ1) is 8.55. The van der Waals surface area contributed by atoms with Crippen molar-refractivity contribution in [3.8, 4) is 6.07 Å². The maximum atomic E-state index is 12.0. The van der Waals surface area contributed by atoms with Crippen LogP contribution in [0, 0.1) is 11.3 Å². The number of hydrogen-bond donors (Lipinski definition) is 0. The van der Waals surface area contributed by atoms with E-state index in [0.29, 0.717) is 26.2 Å². The van der Waals surface area contributed by atoms with E-state index < -0.39 is 15.3 Å². The lowest BCUT2D eigenvalue weighted by molar-refractivity contribution is 0.383. The lowest BCUT2D eigenvalue weighted by atomic mass is 10.4. The van der Waals surface area contributed by atoms with Crippen LogP contribution >= 0.6 is 11.3 Å². The molecule has 0 saturated carbocycles. The van der Waals surface area contributed by atoms with Gasteiger partial charge < -0.3 is 4.90 Å². The molecule has 1 unspecified atom stereocenters. The predicted octanol–water partition coefficient (Wildman–Crippen LogP) is 0.507. The zero-order valence-corrected chi connectivity index (χ0v) is 11.6. The van der Waals surface area contributed by atoms with E-state index in [2.05, 4.69) is 9.88 Å². The van der Waals surface area contributed by atoms with Gasteiger partial charge in [0.1, 0.15) is 0 Å². The summed E-state index contributed by atoms with van der Waals surface area (Å²) in [4.78, 5) is 6.27. The Morgan fingerprint density at radius 3 is 2.61 bits per heavy atom. The molecule has 0 spiro atoms. The molecule has 1 aliphatic heterocycles. The summed E-state index contributed by atoms with van der Waals surface area (Å²) in [6, 6.07) is 1.79. The first-order valence-corrected chi connectivity index (χ1v) is 7.97. The standard InChI is InChI=1S/C10H14N4O2S2/c1-9(8-11)18(15,16)14-5-3-13(4-6-14)10-12-2-7-17-10/h2,7,9H,3-6H2,1H3. The number of hydrogen-bond acceptors (Lipinski definition) is 6. The van der Waals surface area contributed by atoms with Crippen molar-refractivity contribution in [1.29, 1.82) is 5.26 Å². The molecule has 1 fully saturated rings. The average molecular weight is 286 g/mol. The van der Waals surface area contributed by atoms with Gasteiger partial charge in [-0.25, -0.2) is 13.4 Å². The Hall–Kier alpha value is -1.17. The van der Waals surface area contributed by atoms with Gasteiger partial charge in [-0.05, 0) is 6.92 Å². The second-order valence-electron chi connectivity index (χ2n) is 4.02. The highest BCUT2D eigenvalue weighted by atomic mass is 32.2. The Labute approximate surface area is 111 Å². The molecule has 2 heterocycles. The zero-order valence-electron chi connectivity index (χ0n) is 9.98. The highest BCUT2D eigenvalue weighted by molar-refractivity contribution is 7.89. The summed E-state index contributed by atoms with van der Waals surface area (Å²) in [5, 5.41) is 10.6. The molecule has 1 aromatic rings. The zero-order chi connectivity index (χ0) is 13.2. The van der Waals surface area contributed by atoms with Gasteiger partial charge in [-0.2, -0.15) is 9.57 Å². The van der Waals surface area contributed by atoms with Crippen molar-refractivity contribution in [2.45, 2.75) is 12.2 Å². The molecule has 1 atom stereocenters. The van der Waals surface area contributed by atoms with Crippen LogP contribution < -0.4 is 4.90 Å². The van der Waals surface area contributed by atoms with Crippen molar-refractivity contribution in [3.63, 3.8) is 0 Å². The largest absolute Gasteiger partial charge is 0.345 e. The number of aromatic nitrogens is 1. The van der Waals surface area contributed by atoms with Crippen molar-refractivity contribution >= 4 is 26.5 Å². The number of anilines is 1. The van der Waals surface area contributed by atoms with Gasteiger partial charge in [0, 0.05) is 37.8 Å². The number of piperazine rings is 1. The first kappa shape index (κ1) is 13.3. The fraction of sp³-hybridized carbons (Fsp3) is 0.600. The summed E-state index contributed by atoms with van der Waals surface area (Å²) in [5.41, 5.74) is 0. The molecule has 2 rings (SSSR count). The van der Waals surface area contributed by atoms with Gasteiger partial charge in [0.2, 0.25) is 10.0 Å². The summed E-state index contributed by atoms with van der Waals surface area (Å²) in [6.07, 6.45) is 1.74. The number of nitriles is 1. The molecule has 0 radical (unpaired) electrons. The highest BCUT2D eigenvalue weighted by Gasteiger charge is 2.31. The Balaban J connectivity index is 2.01. The van der Waals surface area contributed by atoms with Crippen molar-refractivity contribution in [2.75, 3.05) is 31.1 Å². The summed E-state index contributed by atoms with van der Waals surface area (Å²) in [6.45, 7) is 3.47. The van der Waals surface area contributed by atoms with E-state index in [-0.39, 0.29) is 0 Å². The number of nitrogens with zero attached hydrogens (tertiary/aromatic N) is 4. The molecule has 0 aliphatic carbocycles. The van der Waals surface area contributed by atoms with E-state index in [1.165, 1.54) is 11.2 Å². The Morgan fingerprint density at radius 1 is 1.44 bits per heavy atom. The summed E-state index contributed by atoms with van der Waals surface area (Å²) in [7, 11) is -3.48. The third-order valence-corrected chi connectivity index (χ3v) is 5.83. The fourth-order valence-electron chi connectivity index (χ4n) is 1.80. The molecule has 18 heavy (non-hydrogen) atoms. The lowest BCUT2D eigenvalue weighted by Crippen LogP contribution is -2.50. The monoisotopic (exact) mass is 286 g/mol. The fourth-order valence-corrected chi connectivity index (χ4v) is 3.75. The van der Waals surface area contributed by atoms with E-state index in [1.807, 2.05) is 5.38 Å². The van der Waals surface area contributed by atoms with Gasteiger partial charge in [0.15, 0.2) is 10.4 Å². The summed E-state index contributed by atoms with van der Waals surface area (Å²) >= 11 is 1.54. The quantitative estimate of drug-likeness (QED) is 0.809. The number of thiazole rings is 1. The maximum Gasteiger partial charge on any atom is 0.230 e. The molecule has 0 amide bonds. The van der Waals surface area contributed by atoms with Gasteiger partial charge in [-0.1, -0.05) is 0 Å². The van der Waals surface area contributed by atoms with E-state index in [4.69, 9.17) is 5.26 Å². The lowest BCUT2D eigenvalue weighted by Gasteiger charge is -2.34. The molecule has 1 saturated heterocycles. The summed E-state index contributed by atoms with van der Waals surface area (Å²) in [5.74, 6) is 0. The van der Waals surface area contributed by atoms with Gasteiger partial charge in [0.25, 0.3) is 0 Å². The van der Waals surface area contributed by atoms with Crippen LogP contribution in [0.4, 0.5) is 5.13 Å².